The molecular weight excluding hydrogens is 285 g/mol. The van der Waals surface area contributed by atoms with Crippen LogP contribution in [0.4, 0.5) is 13.2 Å². The lowest BCUT2D eigenvalue weighted by molar-refractivity contribution is -0.137. The third-order valence-electron chi connectivity index (χ3n) is 3.29. The third-order valence-corrected chi connectivity index (χ3v) is 3.29. The number of hydrogen-bond donors (Lipinski definition) is 0. The Morgan fingerprint density at radius 3 is 2.33 bits per heavy atom. The van der Waals surface area contributed by atoms with Gasteiger partial charge in [-0.25, -0.2) is 0 Å². The van der Waals surface area contributed by atoms with Crippen molar-refractivity contribution in [1.29, 1.82) is 0 Å². The summed E-state index contributed by atoms with van der Waals surface area (Å²) in [6.07, 6.45) is -3.99. The van der Waals surface area contributed by atoms with Gasteiger partial charge in [0.1, 0.15) is 17.3 Å². The van der Waals surface area contributed by atoms with Crippen molar-refractivity contribution in [2.24, 2.45) is 5.92 Å². The number of Topliss-reactive ketones (excluding diaryl/α,β-unsaturated/α-hetero) is 2. The molecule has 1 aliphatic carbocycles. The number of carbonyl (C=O) groups excluding carboxylic acids is 2. The number of ether oxygens (including phenoxy) is 1. The van der Waals surface area contributed by atoms with Crippen molar-refractivity contribution in [2.45, 2.75) is 32.4 Å². The summed E-state index contributed by atoms with van der Waals surface area (Å²) < 4.78 is 43.5. The third kappa shape index (κ3) is 4.31. The first kappa shape index (κ1) is 15.5. The predicted octanol–water partition coefficient (Wildman–Crippen LogP) is 3.33. The van der Waals surface area contributed by atoms with Crippen molar-refractivity contribution in [2.75, 3.05) is 6.61 Å². The number of aryl methyl sites for hydroxylation is 1. The van der Waals surface area contributed by atoms with Crippen molar-refractivity contribution in [3.8, 4) is 5.75 Å². The fourth-order valence-corrected chi connectivity index (χ4v) is 2.41. The molecule has 0 amide bonds. The van der Waals surface area contributed by atoms with Crippen LogP contribution in [0.1, 0.15) is 30.4 Å². The molecule has 1 fully saturated rings. The fourth-order valence-electron chi connectivity index (χ4n) is 2.41. The molecule has 0 atom stereocenters. The Labute approximate surface area is 120 Å². The van der Waals surface area contributed by atoms with Crippen LogP contribution in [0.25, 0.3) is 0 Å². The van der Waals surface area contributed by atoms with E-state index in [1.54, 1.807) is 6.92 Å². The molecule has 1 aromatic rings. The summed E-state index contributed by atoms with van der Waals surface area (Å²) in [5.41, 5.74) is -0.330. The number of ketones is 2. The van der Waals surface area contributed by atoms with Crippen molar-refractivity contribution in [1.82, 2.24) is 0 Å². The van der Waals surface area contributed by atoms with Crippen molar-refractivity contribution in [3.05, 3.63) is 29.3 Å². The minimum absolute atomic E-state index is 0.0425. The predicted molar refractivity (Wildman–Crippen MR) is 69.0 cm³/mol. The van der Waals surface area contributed by atoms with Gasteiger partial charge in [0.25, 0.3) is 0 Å². The normalized spacial score (nSPS) is 17.1. The molecule has 2 rings (SSSR count). The van der Waals surface area contributed by atoms with E-state index < -0.39 is 11.7 Å². The lowest BCUT2D eigenvalue weighted by atomic mass is 9.88. The Hall–Kier alpha value is -1.85. The summed E-state index contributed by atoms with van der Waals surface area (Å²) >= 11 is 0. The van der Waals surface area contributed by atoms with E-state index >= 15 is 0 Å². The Bertz CT molecular complexity index is 548. The summed E-state index contributed by atoms with van der Waals surface area (Å²) in [6.45, 7) is 1.62. The van der Waals surface area contributed by atoms with Crippen LogP contribution in [-0.2, 0) is 15.8 Å². The van der Waals surface area contributed by atoms with E-state index in [1.807, 2.05) is 0 Å². The van der Waals surface area contributed by atoms with Crippen LogP contribution in [0, 0.1) is 12.8 Å². The topological polar surface area (TPSA) is 43.4 Å². The van der Waals surface area contributed by atoms with Gasteiger partial charge in [-0.3, -0.25) is 9.59 Å². The number of benzene rings is 1. The SMILES string of the molecule is Cc1cc(OCC2CC(=O)CC(=O)C2)cc(C(F)(F)F)c1. The highest BCUT2D eigenvalue weighted by molar-refractivity contribution is 6.01. The highest BCUT2D eigenvalue weighted by Gasteiger charge is 2.31. The highest BCUT2D eigenvalue weighted by atomic mass is 19.4. The van der Waals surface area contributed by atoms with Crippen LogP contribution in [-0.4, -0.2) is 18.2 Å². The Kier molecular flexibility index (Phi) is 4.34. The summed E-state index contributed by atoms with van der Waals surface area (Å²) in [6, 6.07) is 3.47. The highest BCUT2D eigenvalue weighted by Crippen LogP contribution is 2.33. The van der Waals surface area contributed by atoms with Crippen molar-refractivity contribution >= 4 is 11.6 Å². The molecule has 0 aliphatic heterocycles. The molecule has 21 heavy (non-hydrogen) atoms. The lowest BCUT2D eigenvalue weighted by Gasteiger charge is -2.20. The molecule has 114 valence electrons. The van der Waals surface area contributed by atoms with Gasteiger partial charge in [-0.2, -0.15) is 13.2 Å². The number of halogens is 3. The molecule has 1 aliphatic rings. The molecule has 0 aromatic heterocycles. The van der Waals surface area contributed by atoms with Crippen LogP contribution in [0.3, 0.4) is 0 Å². The minimum atomic E-state index is -4.43. The van der Waals surface area contributed by atoms with Crippen LogP contribution in [0.5, 0.6) is 5.75 Å². The fraction of sp³-hybridized carbons (Fsp3) is 0.467. The molecule has 6 heteroatoms. The lowest BCUT2D eigenvalue weighted by Crippen LogP contribution is -2.26. The zero-order chi connectivity index (χ0) is 15.6. The molecule has 0 saturated heterocycles. The van der Waals surface area contributed by atoms with Gasteiger partial charge in [-0.1, -0.05) is 0 Å². The van der Waals surface area contributed by atoms with Gasteiger partial charge < -0.3 is 4.74 Å². The van der Waals surface area contributed by atoms with Crippen LogP contribution < -0.4 is 4.74 Å². The second-order valence-electron chi connectivity index (χ2n) is 5.37. The molecule has 0 spiro atoms. The quantitative estimate of drug-likeness (QED) is 0.804. The van der Waals surface area contributed by atoms with Gasteiger partial charge >= 0.3 is 6.18 Å². The van der Waals surface area contributed by atoms with Gasteiger partial charge in [0.05, 0.1) is 18.6 Å². The Balaban J connectivity index is 2.05. The van der Waals surface area contributed by atoms with E-state index in [0.717, 1.165) is 12.1 Å². The van der Waals surface area contributed by atoms with E-state index in [-0.39, 0.29) is 49.1 Å². The molecule has 0 radical (unpaired) electrons. The van der Waals surface area contributed by atoms with Gasteiger partial charge in [0, 0.05) is 18.8 Å². The smallest absolute Gasteiger partial charge is 0.416 e. The van der Waals surface area contributed by atoms with Gasteiger partial charge in [0.2, 0.25) is 0 Å². The average Bonchev–Trinajstić information content (AvgIpc) is 2.33. The number of alkyl halides is 3. The zero-order valence-electron chi connectivity index (χ0n) is 11.5. The monoisotopic (exact) mass is 300 g/mol. The second kappa shape index (κ2) is 5.87. The maximum atomic E-state index is 12.7. The van der Waals surface area contributed by atoms with E-state index in [1.165, 1.54) is 6.07 Å². The van der Waals surface area contributed by atoms with Crippen molar-refractivity contribution < 1.29 is 27.5 Å². The first-order valence-corrected chi connectivity index (χ1v) is 6.59. The first-order valence-electron chi connectivity index (χ1n) is 6.59. The summed E-state index contributed by atoms with van der Waals surface area (Å²) in [5, 5.41) is 0. The number of carbonyl (C=O) groups is 2. The Morgan fingerprint density at radius 2 is 1.76 bits per heavy atom. The van der Waals surface area contributed by atoms with E-state index in [2.05, 4.69) is 0 Å². The Morgan fingerprint density at radius 1 is 1.14 bits per heavy atom. The second-order valence-corrected chi connectivity index (χ2v) is 5.37. The minimum Gasteiger partial charge on any atom is -0.493 e. The van der Waals surface area contributed by atoms with Crippen molar-refractivity contribution in [3.63, 3.8) is 0 Å². The van der Waals surface area contributed by atoms with Gasteiger partial charge in [0.15, 0.2) is 0 Å². The standard InChI is InChI=1S/C15H15F3O3/c1-9-2-11(15(16,17)18)6-14(3-9)21-8-10-4-12(19)7-13(20)5-10/h2-3,6,10H,4-5,7-8H2,1H3. The van der Waals surface area contributed by atoms with Gasteiger partial charge in [-0.05, 0) is 30.7 Å². The summed E-state index contributed by atoms with van der Waals surface area (Å²) in [7, 11) is 0. The molecule has 0 unspecified atom stereocenters. The molecule has 0 bridgehead atoms. The molecule has 0 N–H and O–H groups in total. The maximum absolute atomic E-state index is 12.7. The van der Waals surface area contributed by atoms with E-state index in [0.29, 0.717) is 5.56 Å². The summed E-state index contributed by atoms with van der Waals surface area (Å²) in [5.74, 6) is -0.429. The van der Waals surface area contributed by atoms with E-state index in [9.17, 15) is 22.8 Å². The molecule has 1 saturated carbocycles. The van der Waals surface area contributed by atoms with E-state index in [4.69, 9.17) is 4.74 Å². The van der Waals surface area contributed by atoms with Crippen LogP contribution in [0.15, 0.2) is 18.2 Å². The summed E-state index contributed by atoms with van der Waals surface area (Å²) in [4.78, 5) is 22.6. The van der Waals surface area contributed by atoms with Crippen LogP contribution in [0.2, 0.25) is 0 Å². The molecular formula is C15H15F3O3. The maximum Gasteiger partial charge on any atom is 0.416 e. The molecule has 0 heterocycles. The molecule has 1 aromatic carbocycles. The average molecular weight is 300 g/mol. The largest absolute Gasteiger partial charge is 0.493 e. The first-order chi connectivity index (χ1) is 9.74. The van der Waals surface area contributed by atoms with Crippen LogP contribution >= 0.6 is 0 Å². The van der Waals surface area contributed by atoms with Gasteiger partial charge in [-0.15, -0.1) is 0 Å². The molecule has 3 nitrogen and oxygen atoms in total. The number of rotatable bonds is 3. The number of hydrogen-bond acceptors (Lipinski definition) is 3. The zero-order valence-corrected chi connectivity index (χ0v) is 11.5.